The second kappa shape index (κ2) is 9.38. The molecule has 5 nitrogen and oxygen atoms in total. The molecular weight excluding hydrogens is 394 g/mol. The molecule has 2 heterocycles. The van der Waals surface area contributed by atoms with Gasteiger partial charge in [0.05, 0.1) is 18.2 Å². The average molecular weight is 426 g/mol. The highest BCUT2D eigenvalue weighted by molar-refractivity contribution is 7.79. The van der Waals surface area contributed by atoms with Crippen molar-refractivity contribution in [2.45, 2.75) is 45.6 Å². The van der Waals surface area contributed by atoms with E-state index in [1.54, 1.807) is 6.26 Å². The van der Waals surface area contributed by atoms with Crippen molar-refractivity contribution in [1.29, 1.82) is 5.26 Å². The molecule has 1 unspecified atom stereocenters. The molecule has 30 heavy (non-hydrogen) atoms. The molecule has 2 atom stereocenters. The number of hydrogen-bond acceptors (Lipinski definition) is 5. The van der Waals surface area contributed by atoms with Gasteiger partial charge < -0.3 is 0 Å². The molecule has 0 N–H and O–H groups in total. The van der Waals surface area contributed by atoms with Crippen molar-refractivity contribution in [2.24, 2.45) is 5.41 Å². The summed E-state index contributed by atoms with van der Waals surface area (Å²) in [5, 5.41) is 9.00. The largest absolute Gasteiger partial charge is 0.293 e. The summed E-state index contributed by atoms with van der Waals surface area (Å²) in [4.78, 5) is 6.99. The van der Waals surface area contributed by atoms with Gasteiger partial charge in [-0.05, 0) is 75.9 Å². The van der Waals surface area contributed by atoms with Gasteiger partial charge in [0.2, 0.25) is 0 Å². The normalized spacial score (nSPS) is 20.8. The van der Waals surface area contributed by atoms with E-state index in [-0.39, 0.29) is 11.0 Å². The zero-order valence-electron chi connectivity index (χ0n) is 18.4. The van der Waals surface area contributed by atoms with E-state index in [1.807, 2.05) is 37.4 Å². The molecule has 0 amide bonds. The predicted molar refractivity (Wildman–Crippen MR) is 120 cm³/mol. The summed E-state index contributed by atoms with van der Waals surface area (Å²) in [7, 11) is 0. The van der Waals surface area contributed by atoms with Crippen molar-refractivity contribution in [1.82, 2.24) is 9.88 Å². The minimum Gasteiger partial charge on any atom is -0.293 e. The molecule has 160 valence electrons. The second-order valence-electron chi connectivity index (χ2n) is 8.89. The van der Waals surface area contributed by atoms with Crippen LogP contribution in [0.4, 0.5) is 0 Å². The first-order valence-electron chi connectivity index (χ1n) is 10.4. The van der Waals surface area contributed by atoms with Gasteiger partial charge in [0.1, 0.15) is 0 Å². The average Bonchev–Trinajstić information content (AvgIpc) is 3.17. The quantitative estimate of drug-likeness (QED) is 0.636. The molecule has 0 saturated carbocycles. The molecule has 1 aromatic carbocycles. The minimum atomic E-state index is -1.28. The van der Waals surface area contributed by atoms with Crippen LogP contribution in [0.1, 0.15) is 49.1 Å². The van der Waals surface area contributed by atoms with E-state index < -0.39 is 11.1 Å². The maximum atomic E-state index is 11.7. The summed E-state index contributed by atoms with van der Waals surface area (Å²) in [6, 6.07) is 14.2. The second-order valence-corrected chi connectivity index (χ2v) is 9.93. The standard InChI is InChI=1S/C24H31N3O2S/c1-19-5-10-22(16-26-19)23(2,3)27-14-13-24(17-27,18-29-30(4)28)12-11-20-6-8-21(15-25)9-7-20/h5-10,16H,11-14,17-18H2,1-4H3/t24-,30?/m1/s1. The summed E-state index contributed by atoms with van der Waals surface area (Å²) in [5.41, 5.74) is 3.93. The number of nitrogens with zero attached hydrogens (tertiary/aromatic N) is 3. The Hall–Kier alpha value is -2.07. The smallest absolute Gasteiger partial charge is 0.152 e. The number of nitriles is 1. The van der Waals surface area contributed by atoms with Gasteiger partial charge in [-0.25, -0.2) is 4.21 Å². The van der Waals surface area contributed by atoms with Gasteiger partial charge >= 0.3 is 0 Å². The van der Waals surface area contributed by atoms with E-state index in [4.69, 9.17) is 9.44 Å². The minimum absolute atomic E-state index is 0.0467. The Morgan fingerprint density at radius 1 is 1.27 bits per heavy atom. The van der Waals surface area contributed by atoms with Crippen molar-refractivity contribution in [3.05, 3.63) is 65.0 Å². The first kappa shape index (κ1) is 22.6. The molecule has 0 radical (unpaired) electrons. The fourth-order valence-corrected chi connectivity index (χ4v) is 4.60. The van der Waals surface area contributed by atoms with Gasteiger partial charge in [-0.3, -0.25) is 14.1 Å². The SMILES string of the molecule is Cc1ccc(C(C)(C)N2CC[C@@](CCc3ccc(C#N)cc3)(COS(C)=O)C2)cn1. The van der Waals surface area contributed by atoms with Gasteiger partial charge in [0.25, 0.3) is 0 Å². The number of likely N-dealkylation sites (tertiary alicyclic amines) is 1. The van der Waals surface area contributed by atoms with Crippen LogP contribution in [-0.2, 0) is 27.2 Å². The third-order valence-electron chi connectivity index (χ3n) is 6.40. The Balaban J connectivity index is 1.75. The molecule has 1 aliphatic rings. The van der Waals surface area contributed by atoms with Crippen LogP contribution >= 0.6 is 0 Å². The maximum Gasteiger partial charge on any atom is 0.152 e. The highest BCUT2D eigenvalue weighted by Crippen LogP contribution is 2.41. The zero-order chi connectivity index (χ0) is 21.8. The highest BCUT2D eigenvalue weighted by atomic mass is 32.2. The zero-order valence-corrected chi connectivity index (χ0v) is 19.2. The van der Waals surface area contributed by atoms with E-state index >= 15 is 0 Å². The lowest BCUT2D eigenvalue weighted by molar-refractivity contribution is 0.101. The summed E-state index contributed by atoms with van der Waals surface area (Å²) in [6.45, 7) is 8.84. The Kier molecular flexibility index (Phi) is 7.07. The molecule has 0 aliphatic carbocycles. The van der Waals surface area contributed by atoms with Crippen molar-refractivity contribution >= 4 is 11.1 Å². The molecule has 3 rings (SSSR count). The molecule has 2 aromatic rings. The number of pyridine rings is 1. The van der Waals surface area contributed by atoms with Crippen LogP contribution < -0.4 is 0 Å². The fourth-order valence-electron chi connectivity index (χ4n) is 4.18. The van der Waals surface area contributed by atoms with Crippen LogP contribution in [0.5, 0.6) is 0 Å². The third-order valence-corrected chi connectivity index (χ3v) is 6.85. The number of hydrogen-bond donors (Lipinski definition) is 0. The van der Waals surface area contributed by atoms with E-state index in [0.717, 1.165) is 38.0 Å². The number of aryl methyl sites for hydroxylation is 2. The Bertz CT molecular complexity index is 919. The number of benzene rings is 1. The number of rotatable bonds is 8. The highest BCUT2D eigenvalue weighted by Gasteiger charge is 2.43. The summed E-state index contributed by atoms with van der Waals surface area (Å²) in [6.07, 6.45) is 6.43. The Labute approximate surface area is 182 Å². The monoisotopic (exact) mass is 425 g/mol. The lowest BCUT2D eigenvalue weighted by atomic mass is 9.81. The van der Waals surface area contributed by atoms with Crippen molar-refractivity contribution < 1.29 is 8.39 Å². The molecule has 0 spiro atoms. The van der Waals surface area contributed by atoms with E-state index in [9.17, 15) is 4.21 Å². The summed E-state index contributed by atoms with van der Waals surface area (Å²) < 4.78 is 17.3. The van der Waals surface area contributed by atoms with Gasteiger partial charge in [-0.2, -0.15) is 5.26 Å². The van der Waals surface area contributed by atoms with Gasteiger partial charge in [0, 0.05) is 35.6 Å². The molecule has 1 fully saturated rings. The molecule has 1 aromatic heterocycles. The van der Waals surface area contributed by atoms with E-state index in [1.165, 1.54) is 11.1 Å². The molecule has 0 bridgehead atoms. The van der Waals surface area contributed by atoms with Crippen LogP contribution in [0.15, 0.2) is 42.6 Å². The Morgan fingerprint density at radius 2 is 2.00 bits per heavy atom. The fraction of sp³-hybridized carbons (Fsp3) is 0.500. The van der Waals surface area contributed by atoms with Crippen LogP contribution in [-0.4, -0.2) is 40.0 Å². The summed E-state index contributed by atoms with van der Waals surface area (Å²) in [5.74, 6) is 0. The van der Waals surface area contributed by atoms with Gasteiger partial charge in [-0.15, -0.1) is 0 Å². The van der Waals surface area contributed by atoms with Crippen molar-refractivity contribution in [3.8, 4) is 6.07 Å². The van der Waals surface area contributed by atoms with E-state index in [2.05, 4.69) is 41.9 Å². The van der Waals surface area contributed by atoms with E-state index in [0.29, 0.717) is 12.2 Å². The first-order chi connectivity index (χ1) is 14.2. The van der Waals surface area contributed by atoms with Gasteiger partial charge in [-0.1, -0.05) is 18.2 Å². The molecule has 6 heteroatoms. The van der Waals surface area contributed by atoms with Gasteiger partial charge in [0.15, 0.2) is 11.1 Å². The molecule has 1 saturated heterocycles. The van der Waals surface area contributed by atoms with Crippen LogP contribution in [0.25, 0.3) is 0 Å². The van der Waals surface area contributed by atoms with Crippen LogP contribution in [0.3, 0.4) is 0 Å². The topological polar surface area (TPSA) is 66.2 Å². The van der Waals surface area contributed by atoms with Crippen LogP contribution in [0.2, 0.25) is 0 Å². The van der Waals surface area contributed by atoms with Crippen molar-refractivity contribution in [2.75, 3.05) is 26.0 Å². The molecular formula is C24H31N3O2S. The number of aromatic nitrogens is 1. The maximum absolute atomic E-state index is 11.7. The lowest BCUT2D eigenvalue weighted by Gasteiger charge is -2.38. The predicted octanol–water partition coefficient (Wildman–Crippen LogP) is 4.13. The first-order valence-corrected chi connectivity index (χ1v) is 11.9. The van der Waals surface area contributed by atoms with Crippen LogP contribution in [0, 0.1) is 23.7 Å². The summed E-state index contributed by atoms with van der Waals surface area (Å²) >= 11 is -1.28. The third kappa shape index (κ3) is 5.34. The lowest BCUT2D eigenvalue weighted by Crippen LogP contribution is -2.42. The Morgan fingerprint density at radius 3 is 2.60 bits per heavy atom. The van der Waals surface area contributed by atoms with Crippen molar-refractivity contribution in [3.63, 3.8) is 0 Å². The molecule has 1 aliphatic heterocycles.